The molecule has 4 aromatic rings. The predicted molar refractivity (Wildman–Crippen MR) is 128 cm³/mol. The smallest absolute Gasteiger partial charge is 0.241 e. The minimum atomic E-state index is -0.000207. The summed E-state index contributed by atoms with van der Waals surface area (Å²) in [5.41, 5.74) is 3.22. The Balaban J connectivity index is 1.61. The topological polar surface area (TPSA) is 71.6 Å². The van der Waals surface area contributed by atoms with Crippen LogP contribution >= 0.6 is 0 Å². The molecule has 0 saturated carbocycles. The largest absolute Gasteiger partial charge is 0.494 e. The first-order valence-corrected chi connectivity index (χ1v) is 11.3. The van der Waals surface area contributed by atoms with Gasteiger partial charge in [0.05, 0.1) is 19.2 Å². The van der Waals surface area contributed by atoms with Crippen molar-refractivity contribution in [2.24, 2.45) is 0 Å². The van der Waals surface area contributed by atoms with Gasteiger partial charge in [-0.1, -0.05) is 65.8 Å². The molecule has 4 rings (SSSR count). The van der Waals surface area contributed by atoms with Crippen LogP contribution in [0.1, 0.15) is 36.4 Å². The molecule has 0 aliphatic rings. The van der Waals surface area contributed by atoms with Crippen molar-refractivity contribution in [3.8, 4) is 17.1 Å². The molecule has 6 heteroatoms. The lowest BCUT2D eigenvalue weighted by molar-refractivity contribution is 0.167. The molecule has 0 saturated heterocycles. The summed E-state index contributed by atoms with van der Waals surface area (Å²) in [5, 5.41) is 13.7. The molecule has 33 heavy (non-hydrogen) atoms. The van der Waals surface area contributed by atoms with E-state index in [0.29, 0.717) is 37.8 Å². The van der Waals surface area contributed by atoms with E-state index in [1.165, 1.54) is 11.1 Å². The predicted octanol–water partition coefficient (Wildman–Crippen LogP) is 5.11. The third-order valence-corrected chi connectivity index (χ3v) is 5.43. The first-order chi connectivity index (χ1) is 16.3. The number of rotatable bonds is 11. The molecule has 0 aliphatic heterocycles. The van der Waals surface area contributed by atoms with Crippen LogP contribution in [0.15, 0.2) is 89.5 Å². The summed E-state index contributed by atoms with van der Waals surface area (Å²) >= 11 is 0. The Kier molecular flexibility index (Phi) is 7.85. The molecule has 0 aliphatic carbocycles. The molecular weight excluding hydrogens is 414 g/mol. The Labute approximate surface area is 194 Å². The van der Waals surface area contributed by atoms with Crippen molar-refractivity contribution in [2.45, 2.75) is 25.9 Å². The zero-order valence-electron chi connectivity index (χ0n) is 18.8. The fourth-order valence-electron chi connectivity index (χ4n) is 3.93. The highest BCUT2D eigenvalue weighted by molar-refractivity contribution is 5.55. The summed E-state index contributed by atoms with van der Waals surface area (Å²) < 4.78 is 11.1. The molecule has 1 aromatic heterocycles. The van der Waals surface area contributed by atoms with Crippen molar-refractivity contribution in [2.75, 3.05) is 19.8 Å². The summed E-state index contributed by atoms with van der Waals surface area (Å²) in [5.74, 6) is 1.90. The molecule has 0 atom stereocenters. The summed E-state index contributed by atoms with van der Waals surface area (Å²) in [6.07, 6.45) is 0.649. The van der Waals surface area contributed by atoms with Gasteiger partial charge >= 0.3 is 0 Å². The minimum absolute atomic E-state index is 0.000207. The Bertz CT molecular complexity index is 1060. The quantitative estimate of drug-likeness (QED) is 0.347. The molecule has 0 fully saturated rings. The van der Waals surface area contributed by atoms with Crippen molar-refractivity contribution < 1.29 is 14.4 Å². The number of ether oxygens (including phenoxy) is 1. The van der Waals surface area contributed by atoms with Crippen LogP contribution in [0.3, 0.4) is 0 Å². The van der Waals surface area contributed by atoms with E-state index in [0.717, 1.165) is 11.3 Å². The van der Waals surface area contributed by atoms with E-state index in [9.17, 15) is 5.11 Å². The van der Waals surface area contributed by atoms with Gasteiger partial charge in [-0.2, -0.15) is 4.98 Å². The van der Waals surface area contributed by atoms with Crippen LogP contribution in [0.4, 0.5) is 0 Å². The molecule has 0 spiro atoms. The molecule has 1 N–H and O–H groups in total. The Morgan fingerprint density at radius 1 is 0.909 bits per heavy atom. The number of nitrogens with zero attached hydrogens (tertiary/aromatic N) is 3. The maximum Gasteiger partial charge on any atom is 0.241 e. The summed E-state index contributed by atoms with van der Waals surface area (Å²) in [6, 6.07) is 28.4. The summed E-state index contributed by atoms with van der Waals surface area (Å²) in [4.78, 5) is 6.93. The normalized spacial score (nSPS) is 11.3. The fourth-order valence-corrected chi connectivity index (χ4v) is 3.93. The lowest BCUT2D eigenvalue weighted by Gasteiger charge is -2.31. The van der Waals surface area contributed by atoms with Crippen molar-refractivity contribution in [3.05, 3.63) is 102 Å². The summed E-state index contributed by atoms with van der Waals surface area (Å²) in [6.45, 7) is 3.86. The van der Waals surface area contributed by atoms with Crippen molar-refractivity contribution in [1.29, 1.82) is 0 Å². The van der Waals surface area contributed by atoms with E-state index in [1.807, 2.05) is 67.6 Å². The number of benzene rings is 3. The Hall–Kier alpha value is -3.48. The molecule has 0 bridgehead atoms. The average Bonchev–Trinajstić information content (AvgIpc) is 3.33. The van der Waals surface area contributed by atoms with Gasteiger partial charge in [0.25, 0.3) is 0 Å². The van der Waals surface area contributed by atoms with E-state index in [1.54, 1.807) is 0 Å². The third-order valence-electron chi connectivity index (χ3n) is 5.43. The molecule has 0 amide bonds. The van der Waals surface area contributed by atoms with E-state index in [2.05, 4.69) is 39.3 Å². The first-order valence-electron chi connectivity index (χ1n) is 11.3. The van der Waals surface area contributed by atoms with Crippen molar-refractivity contribution >= 4 is 0 Å². The molecule has 0 radical (unpaired) electrons. The highest BCUT2D eigenvalue weighted by Crippen LogP contribution is 2.30. The second-order valence-electron chi connectivity index (χ2n) is 7.74. The van der Waals surface area contributed by atoms with Gasteiger partial charge in [0, 0.05) is 18.7 Å². The molecular formula is C27H29N3O3. The van der Waals surface area contributed by atoms with Crippen LogP contribution in [0.5, 0.6) is 5.75 Å². The minimum Gasteiger partial charge on any atom is -0.494 e. The lowest BCUT2D eigenvalue weighted by Crippen LogP contribution is -2.31. The zero-order valence-corrected chi connectivity index (χ0v) is 18.8. The van der Waals surface area contributed by atoms with Crippen molar-refractivity contribution in [3.63, 3.8) is 0 Å². The number of hydrogen-bond acceptors (Lipinski definition) is 6. The van der Waals surface area contributed by atoms with Gasteiger partial charge in [0.1, 0.15) is 5.75 Å². The van der Waals surface area contributed by atoms with Gasteiger partial charge in [-0.3, -0.25) is 4.90 Å². The van der Waals surface area contributed by atoms with Crippen LogP contribution in [0.25, 0.3) is 11.4 Å². The van der Waals surface area contributed by atoms with E-state index in [4.69, 9.17) is 9.26 Å². The number of aliphatic hydroxyl groups is 1. The maximum atomic E-state index is 9.53. The first kappa shape index (κ1) is 22.7. The van der Waals surface area contributed by atoms with Crippen LogP contribution in [-0.4, -0.2) is 39.9 Å². The highest BCUT2D eigenvalue weighted by atomic mass is 16.5. The summed E-state index contributed by atoms with van der Waals surface area (Å²) in [7, 11) is 0. The van der Waals surface area contributed by atoms with Gasteiger partial charge in [0.2, 0.25) is 11.7 Å². The SMILES string of the molecule is CCOc1ccc(-c2noc(CN(CCCO)C(c3ccccc3)c3ccccc3)n2)cc1. The van der Waals surface area contributed by atoms with Crippen LogP contribution in [0, 0.1) is 0 Å². The average molecular weight is 444 g/mol. The van der Waals surface area contributed by atoms with E-state index >= 15 is 0 Å². The number of aromatic nitrogens is 2. The molecule has 6 nitrogen and oxygen atoms in total. The van der Waals surface area contributed by atoms with Gasteiger partial charge in [0.15, 0.2) is 0 Å². The standard InChI is InChI=1S/C27H29N3O3/c1-2-32-24-16-14-23(15-17-24)27-28-25(33-29-27)20-30(18-9-19-31)26(21-10-5-3-6-11-21)22-12-7-4-8-13-22/h3-8,10-17,26,31H,2,9,18-20H2,1H3. The third kappa shape index (κ3) is 5.86. The lowest BCUT2D eigenvalue weighted by atomic mass is 9.96. The second-order valence-corrected chi connectivity index (χ2v) is 7.74. The van der Waals surface area contributed by atoms with Crippen molar-refractivity contribution in [1.82, 2.24) is 15.0 Å². The van der Waals surface area contributed by atoms with Gasteiger partial charge in [-0.15, -0.1) is 0 Å². The molecule has 1 heterocycles. The molecule has 0 unspecified atom stereocenters. The van der Waals surface area contributed by atoms with E-state index < -0.39 is 0 Å². The molecule has 170 valence electrons. The van der Waals surface area contributed by atoms with E-state index in [-0.39, 0.29) is 12.6 Å². The fraction of sp³-hybridized carbons (Fsp3) is 0.259. The molecule has 3 aromatic carbocycles. The van der Waals surface area contributed by atoms with Gasteiger partial charge < -0.3 is 14.4 Å². The van der Waals surface area contributed by atoms with Crippen LogP contribution < -0.4 is 4.74 Å². The highest BCUT2D eigenvalue weighted by Gasteiger charge is 2.24. The maximum absolute atomic E-state index is 9.53. The van der Waals surface area contributed by atoms with Crippen LogP contribution in [-0.2, 0) is 6.54 Å². The Morgan fingerprint density at radius 3 is 2.12 bits per heavy atom. The number of hydrogen-bond donors (Lipinski definition) is 1. The second kappa shape index (κ2) is 11.4. The van der Waals surface area contributed by atoms with Crippen LogP contribution in [0.2, 0.25) is 0 Å². The van der Waals surface area contributed by atoms with Gasteiger partial charge in [-0.25, -0.2) is 0 Å². The Morgan fingerprint density at radius 2 is 1.55 bits per heavy atom. The van der Waals surface area contributed by atoms with Gasteiger partial charge in [-0.05, 0) is 48.7 Å². The zero-order chi connectivity index (χ0) is 22.9. The number of aliphatic hydroxyl groups excluding tert-OH is 1. The monoisotopic (exact) mass is 443 g/mol.